The SMILES string of the molecule is Cc1ccc(C(=O)N2CC(N(Cc3ccccc3C)C3CC3)CC2C(=O)NC2CCC(N)CC2)cc1. The minimum absolute atomic E-state index is 0.00919. The number of rotatable bonds is 7. The molecule has 1 saturated heterocycles. The summed E-state index contributed by atoms with van der Waals surface area (Å²) in [6.07, 6.45) is 6.76. The summed E-state index contributed by atoms with van der Waals surface area (Å²) in [7, 11) is 0. The number of nitrogens with zero attached hydrogens (tertiary/aromatic N) is 2. The summed E-state index contributed by atoms with van der Waals surface area (Å²) in [4.78, 5) is 31.7. The van der Waals surface area contributed by atoms with Crippen molar-refractivity contribution in [3.8, 4) is 0 Å². The van der Waals surface area contributed by atoms with Gasteiger partial charge < -0.3 is 16.0 Å². The first-order chi connectivity index (χ1) is 17.4. The second-order valence-corrected chi connectivity index (χ2v) is 11.2. The van der Waals surface area contributed by atoms with E-state index in [9.17, 15) is 9.59 Å². The number of benzene rings is 2. The van der Waals surface area contributed by atoms with Crippen molar-refractivity contribution in [2.45, 2.75) is 95.5 Å². The molecule has 2 amide bonds. The summed E-state index contributed by atoms with van der Waals surface area (Å²) in [5, 5.41) is 3.28. The topological polar surface area (TPSA) is 78.7 Å². The van der Waals surface area contributed by atoms with Gasteiger partial charge in [-0.15, -0.1) is 0 Å². The van der Waals surface area contributed by atoms with Crippen molar-refractivity contribution in [1.82, 2.24) is 15.1 Å². The zero-order valence-corrected chi connectivity index (χ0v) is 21.7. The van der Waals surface area contributed by atoms with Crippen LogP contribution in [0.25, 0.3) is 0 Å². The first-order valence-corrected chi connectivity index (χ1v) is 13.6. The average Bonchev–Trinajstić information content (AvgIpc) is 3.62. The fourth-order valence-electron chi connectivity index (χ4n) is 5.90. The third kappa shape index (κ3) is 5.65. The van der Waals surface area contributed by atoms with Gasteiger partial charge in [-0.05, 0) is 82.1 Å². The highest BCUT2D eigenvalue weighted by Gasteiger charge is 2.45. The van der Waals surface area contributed by atoms with Gasteiger partial charge in [-0.1, -0.05) is 42.0 Å². The first kappa shape index (κ1) is 25.0. The molecule has 0 bridgehead atoms. The van der Waals surface area contributed by atoms with E-state index >= 15 is 0 Å². The fraction of sp³-hybridized carbons (Fsp3) is 0.533. The molecule has 3 aliphatic rings. The number of hydrogen-bond donors (Lipinski definition) is 2. The molecule has 1 aliphatic heterocycles. The number of nitrogens with one attached hydrogen (secondary N) is 1. The Morgan fingerprint density at radius 3 is 2.31 bits per heavy atom. The van der Waals surface area contributed by atoms with Gasteiger partial charge in [0.2, 0.25) is 5.91 Å². The van der Waals surface area contributed by atoms with Crippen LogP contribution in [0.4, 0.5) is 0 Å². The summed E-state index contributed by atoms with van der Waals surface area (Å²) in [6, 6.07) is 16.9. The molecular weight excluding hydrogens is 448 g/mol. The summed E-state index contributed by atoms with van der Waals surface area (Å²) in [5.74, 6) is -0.0555. The summed E-state index contributed by atoms with van der Waals surface area (Å²) >= 11 is 0. The quantitative estimate of drug-likeness (QED) is 0.619. The molecule has 2 saturated carbocycles. The maximum absolute atomic E-state index is 13.7. The Morgan fingerprint density at radius 1 is 0.944 bits per heavy atom. The number of hydrogen-bond acceptors (Lipinski definition) is 4. The van der Waals surface area contributed by atoms with Crippen molar-refractivity contribution in [2.75, 3.05) is 6.54 Å². The zero-order valence-electron chi connectivity index (χ0n) is 21.7. The number of carbonyl (C=O) groups is 2. The Labute approximate surface area is 215 Å². The molecule has 192 valence electrons. The van der Waals surface area contributed by atoms with Crippen LogP contribution in [0.3, 0.4) is 0 Å². The maximum Gasteiger partial charge on any atom is 0.254 e. The lowest BCUT2D eigenvalue weighted by Gasteiger charge is -2.30. The molecule has 2 aromatic rings. The lowest BCUT2D eigenvalue weighted by atomic mass is 9.91. The summed E-state index contributed by atoms with van der Waals surface area (Å²) in [6.45, 7) is 5.63. The van der Waals surface area contributed by atoms with Gasteiger partial charge in [-0.3, -0.25) is 14.5 Å². The van der Waals surface area contributed by atoms with Crippen molar-refractivity contribution < 1.29 is 9.59 Å². The molecule has 2 atom stereocenters. The van der Waals surface area contributed by atoms with Gasteiger partial charge in [0.15, 0.2) is 0 Å². The zero-order chi connectivity index (χ0) is 25.2. The second kappa shape index (κ2) is 10.7. The Morgan fingerprint density at radius 2 is 1.64 bits per heavy atom. The van der Waals surface area contributed by atoms with Crippen LogP contribution in [-0.4, -0.2) is 58.4 Å². The van der Waals surface area contributed by atoms with Crippen molar-refractivity contribution >= 4 is 11.8 Å². The Balaban J connectivity index is 1.37. The fourth-order valence-corrected chi connectivity index (χ4v) is 5.90. The van der Waals surface area contributed by atoms with Crippen LogP contribution in [0.15, 0.2) is 48.5 Å². The molecule has 6 heteroatoms. The van der Waals surface area contributed by atoms with Crippen LogP contribution >= 0.6 is 0 Å². The highest BCUT2D eigenvalue weighted by Crippen LogP contribution is 2.35. The molecule has 2 unspecified atom stereocenters. The molecule has 5 rings (SSSR count). The normalized spacial score (nSPS) is 26.3. The second-order valence-electron chi connectivity index (χ2n) is 11.2. The largest absolute Gasteiger partial charge is 0.352 e. The predicted molar refractivity (Wildman–Crippen MR) is 143 cm³/mol. The van der Waals surface area contributed by atoms with Crippen molar-refractivity contribution in [1.29, 1.82) is 0 Å². The molecular formula is C30H40N4O2. The van der Waals surface area contributed by atoms with Gasteiger partial charge in [-0.25, -0.2) is 0 Å². The number of carbonyl (C=O) groups excluding carboxylic acids is 2. The third-order valence-electron chi connectivity index (χ3n) is 8.36. The van der Waals surface area contributed by atoms with E-state index in [4.69, 9.17) is 5.73 Å². The molecule has 0 aromatic heterocycles. The molecule has 0 spiro atoms. The molecule has 1 heterocycles. The lowest BCUT2D eigenvalue weighted by molar-refractivity contribution is -0.125. The van der Waals surface area contributed by atoms with E-state index in [2.05, 4.69) is 41.4 Å². The van der Waals surface area contributed by atoms with Crippen molar-refractivity contribution in [3.63, 3.8) is 0 Å². The van der Waals surface area contributed by atoms with Crippen molar-refractivity contribution in [2.24, 2.45) is 5.73 Å². The minimum Gasteiger partial charge on any atom is -0.352 e. The van der Waals surface area contributed by atoms with E-state index in [0.717, 1.165) is 37.8 Å². The van der Waals surface area contributed by atoms with Crippen LogP contribution in [0, 0.1) is 13.8 Å². The number of aryl methyl sites for hydroxylation is 2. The highest BCUT2D eigenvalue weighted by atomic mass is 16.2. The molecule has 2 aromatic carbocycles. The minimum atomic E-state index is -0.447. The predicted octanol–water partition coefficient (Wildman–Crippen LogP) is 3.94. The molecule has 3 N–H and O–H groups in total. The highest BCUT2D eigenvalue weighted by molar-refractivity contribution is 5.98. The van der Waals surface area contributed by atoms with Crippen LogP contribution in [0.1, 0.15) is 72.0 Å². The average molecular weight is 489 g/mol. The monoisotopic (exact) mass is 488 g/mol. The Bertz CT molecular complexity index is 1070. The van der Waals surface area contributed by atoms with Crippen LogP contribution in [0.2, 0.25) is 0 Å². The van der Waals surface area contributed by atoms with Crippen LogP contribution in [0.5, 0.6) is 0 Å². The summed E-state index contributed by atoms with van der Waals surface area (Å²) in [5.41, 5.74) is 10.5. The molecule has 36 heavy (non-hydrogen) atoms. The lowest BCUT2D eigenvalue weighted by Crippen LogP contribution is -2.50. The number of amides is 2. The van der Waals surface area contributed by atoms with Gasteiger partial charge in [-0.2, -0.15) is 0 Å². The van der Waals surface area contributed by atoms with Gasteiger partial charge in [0.1, 0.15) is 6.04 Å². The smallest absolute Gasteiger partial charge is 0.254 e. The van der Waals surface area contributed by atoms with Crippen LogP contribution in [-0.2, 0) is 11.3 Å². The third-order valence-corrected chi connectivity index (χ3v) is 8.36. The number of likely N-dealkylation sites (tertiary alicyclic amines) is 1. The Kier molecular flexibility index (Phi) is 7.44. The maximum atomic E-state index is 13.7. The van der Waals surface area contributed by atoms with E-state index in [-0.39, 0.29) is 29.9 Å². The van der Waals surface area contributed by atoms with E-state index in [1.165, 1.54) is 24.0 Å². The molecule has 6 nitrogen and oxygen atoms in total. The number of nitrogens with two attached hydrogens (primary N) is 1. The van der Waals surface area contributed by atoms with E-state index in [0.29, 0.717) is 24.6 Å². The van der Waals surface area contributed by atoms with Gasteiger partial charge in [0.05, 0.1) is 0 Å². The van der Waals surface area contributed by atoms with Crippen LogP contribution < -0.4 is 11.1 Å². The van der Waals surface area contributed by atoms with E-state index in [1.807, 2.05) is 36.1 Å². The standard InChI is InChI=1S/C30H40N4O2/c1-20-7-9-22(10-8-20)30(36)34-19-27(17-28(34)29(35)32-25-13-11-24(31)12-14-25)33(26-15-16-26)18-23-6-4-3-5-21(23)2/h3-10,24-28H,11-19,31H2,1-2H3,(H,32,35). The van der Waals surface area contributed by atoms with E-state index < -0.39 is 6.04 Å². The van der Waals surface area contributed by atoms with Gasteiger partial charge >= 0.3 is 0 Å². The Hall–Kier alpha value is -2.70. The molecule has 3 fully saturated rings. The molecule has 0 radical (unpaired) electrons. The van der Waals surface area contributed by atoms with Crippen molar-refractivity contribution in [3.05, 3.63) is 70.8 Å². The van der Waals surface area contributed by atoms with Gasteiger partial charge in [0, 0.05) is 42.8 Å². The first-order valence-electron chi connectivity index (χ1n) is 13.6. The summed E-state index contributed by atoms with van der Waals surface area (Å²) < 4.78 is 0. The van der Waals surface area contributed by atoms with E-state index in [1.54, 1.807) is 0 Å². The molecule has 2 aliphatic carbocycles. The van der Waals surface area contributed by atoms with Gasteiger partial charge in [0.25, 0.3) is 5.91 Å².